The Morgan fingerprint density at radius 3 is 2.29 bits per heavy atom. The minimum absolute atomic E-state index is 0.0153. The standard InChI is InChI=1S/C18H12N2O/c19-11-13-6-8-15(9-7-13)18(12-20)10-16(18)17(21)14-4-2-1-3-5-14/h1-9,16H,10H2. The summed E-state index contributed by atoms with van der Waals surface area (Å²) in [5.41, 5.74) is 1.28. The number of nitrogens with zero attached hydrogens (tertiary/aromatic N) is 2. The van der Waals surface area contributed by atoms with Crippen LogP contribution in [0.2, 0.25) is 0 Å². The summed E-state index contributed by atoms with van der Waals surface area (Å²) in [5, 5.41) is 18.4. The van der Waals surface area contributed by atoms with Gasteiger partial charge in [-0.2, -0.15) is 10.5 Å². The Morgan fingerprint density at radius 1 is 1.05 bits per heavy atom. The van der Waals surface area contributed by atoms with E-state index in [0.717, 1.165) is 5.56 Å². The summed E-state index contributed by atoms with van der Waals surface area (Å²) in [5.74, 6) is -0.278. The fourth-order valence-electron chi connectivity index (χ4n) is 2.73. The van der Waals surface area contributed by atoms with Gasteiger partial charge in [0, 0.05) is 11.5 Å². The van der Waals surface area contributed by atoms with E-state index in [1.165, 1.54) is 0 Å². The molecule has 2 aromatic rings. The molecular formula is C18H12N2O. The number of carbonyl (C=O) groups excluding carboxylic acids is 1. The highest BCUT2D eigenvalue weighted by molar-refractivity contribution is 6.01. The van der Waals surface area contributed by atoms with Crippen molar-refractivity contribution in [2.24, 2.45) is 5.92 Å². The van der Waals surface area contributed by atoms with Crippen LogP contribution in [0, 0.1) is 28.6 Å². The summed E-state index contributed by atoms with van der Waals surface area (Å²) in [4.78, 5) is 12.5. The van der Waals surface area contributed by atoms with Gasteiger partial charge in [0.25, 0.3) is 0 Å². The van der Waals surface area contributed by atoms with Crippen LogP contribution in [0.25, 0.3) is 0 Å². The fraction of sp³-hybridized carbons (Fsp3) is 0.167. The van der Waals surface area contributed by atoms with E-state index < -0.39 is 5.41 Å². The van der Waals surface area contributed by atoms with E-state index in [2.05, 4.69) is 12.1 Å². The van der Waals surface area contributed by atoms with Crippen LogP contribution >= 0.6 is 0 Å². The number of Topliss-reactive ketones (excluding diaryl/α,β-unsaturated/α-hetero) is 1. The van der Waals surface area contributed by atoms with Crippen LogP contribution in [0.3, 0.4) is 0 Å². The molecular weight excluding hydrogens is 260 g/mol. The van der Waals surface area contributed by atoms with Crippen molar-refractivity contribution in [3.63, 3.8) is 0 Å². The van der Waals surface area contributed by atoms with Gasteiger partial charge in [-0.05, 0) is 24.1 Å². The monoisotopic (exact) mass is 272 g/mol. The zero-order valence-corrected chi connectivity index (χ0v) is 11.3. The van der Waals surface area contributed by atoms with Crippen LogP contribution in [-0.4, -0.2) is 5.78 Å². The maximum Gasteiger partial charge on any atom is 0.167 e. The SMILES string of the molecule is N#Cc1ccc(C2(C#N)CC2C(=O)c2ccccc2)cc1. The van der Waals surface area contributed by atoms with Gasteiger partial charge in [0.15, 0.2) is 5.78 Å². The third-order valence-electron chi connectivity index (χ3n) is 4.06. The second kappa shape index (κ2) is 4.89. The van der Waals surface area contributed by atoms with Crippen LogP contribution in [0.15, 0.2) is 54.6 Å². The Kier molecular flexibility index (Phi) is 3.05. The zero-order chi connectivity index (χ0) is 14.9. The van der Waals surface area contributed by atoms with E-state index in [1.807, 2.05) is 18.2 Å². The molecule has 0 aliphatic heterocycles. The normalized spacial score (nSPS) is 22.9. The average Bonchev–Trinajstić information content (AvgIpc) is 3.31. The van der Waals surface area contributed by atoms with Gasteiger partial charge < -0.3 is 0 Å². The van der Waals surface area contributed by atoms with Crippen LogP contribution in [0.5, 0.6) is 0 Å². The number of hydrogen-bond acceptors (Lipinski definition) is 3. The molecule has 2 atom stereocenters. The van der Waals surface area contributed by atoms with E-state index in [9.17, 15) is 10.1 Å². The molecule has 0 amide bonds. The number of rotatable bonds is 3. The molecule has 1 aliphatic carbocycles. The van der Waals surface area contributed by atoms with Crippen molar-refractivity contribution in [2.45, 2.75) is 11.8 Å². The topological polar surface area (TPSA) is 64.7 Å². The van der Waals surface area contributed by atoms with E-state index in [4.69, 9.17) is 5.26 Å². The molecule has 0 heterocycles. The van der Waals surface area contributed by atoms with Crippen molar-refractivity contribution in [1.29, 1.82) is 10.5 Å². The molecule has 2 aromatic carbocycles. The van der Waals surface area contributed by atoms with Crippen LogP contribution in [-0.2, 0) is 5.41 Å². The number of nitriles is 2. The second-order valence-electron chi connectivity index (χ2n) is 5.26. The maximum atomic E-state index is 12.5. The first-order valence-corrected chi connectivity index (χ1v) is 6.72. The number of carbonyl (C=O) groups is 1. The highest BCUT2D eigenvalue weighted by atomic mass is 16.1. The predicted octanol–water partition coefficient (Wildman–Crippen LogP) is 3.22. The molecule has 0 spiro atoms. The van der Waals surface area contributed by atoms with Crippen LogP contribution in [0.1, 0.15) is 27.9 Å². The average molecular weight is 272 g/mol. The van der Waals surface area contributed by atoms with Gasteiger partial charge in [0.05, 0.1) is 23.1 Å². The summed E-state index contributed by atoms with van der Waals surface area (Å²) in [6.07, 6.45) is 0.545. The first-order valence-electron chi connectivity index (χ1n) is 6.72. The van der Waals surface area contributed by atoms with Crippen LogP contribution in [0.4, 0.5) is 0 Å². The van der Waals surface area contributed by atoms with Crippen molar-refractivity contribution in [2.75, 3.05) is 0 Å². The summed E-state index contributed by atoms with van der Waals surface area (Å²) in [6, 6.07) is 20.4. The smallest absolute Gasteiger partial charge is 0.167 e. The Labute approximate surface area is 123 Å². The van der Waals surface area contributed by atoms with Crippen molar-refractivity contribution in [1.82, 2.24) is 0 Å². The number of hydrogen-bond donors (Lipinski definition) is 0. The van der Waals surface area contributed by atoms with Gasteiger partial charge in [-0.1, -0.05) is 42.5 Å². The van der Waals surface area contributed by atoms with E-state index in [-0.39, 0.29) is 11.7 Å². The minimum atomic E-state index is -0.735. The minimum Gasteiger partial charge on any atom is -0.294 e. The molecule has 1 saturated carbocycles. The van der Waals surface area contributed by atoms with Crippen molar-refractivity contribution in [3.05, 3.63) is 71.3 Å². The Hall–Kier alpha value is -2.91. The molecule has 0 N–H and O–H groups in total. The summed E-state index contributed by atoms with van der Waals surface area (Å²) >= 11 is 0. The van der Waals surface area contributed by atoms with Gasteiger partial charge in [-0.25, -0.2) is 0 Å². The Balaban J connectivity index is 1.90. The third-order valence-corrected chi connectivity index (χ3v) is 4.06. The Bertz CT molecular complexity index is 766. The molecule has 3 nitrogen and oxygen atoms in total. The van der Waals surface area contributed by atoms with Crippen molar-refractivity contribution >= 4 is 5.78 Å². The summed E-state index contributed by atoms with van der Waals surface area (Å²) in [6.45, 7) is 0. The molecule has 1 fully saturated rings. The van der Waals surface area contributed by atoms with E-state index >= 15 is 0 Å². The lowest BCUT2D eigenvalue weighted by Gasteiger charge is -2.09. The quantitative estimate of drug-likeness (QED) is 0.806. The molecule has 3 heteroatoms. The highest BCUT2D eigenvalue weighted by Crippen LogP contribution is 2.55. The van der Waals surface area contributed by atoms with Gasteiger partial charge in [-0.3, -0.25) is 4.79 Å². The lowest BCUT2D eigenvalue weighted by molar-refractivity contribution is 0.0961. The van der Waals surface area contributed by atoms with E-state index in [0.29, 0.717) is 17.5 Å². The molecule has 21 heavy (non-hydrogen) atoms. The molecule has 1 aliphatic rings. The fourth-order valence-corrected chi connectivity index (χ4v) is 2.73. The zero-order valence-electron chi connectivity index (χ0n) is 11.3. The lowest BCUT2D eigenvalue weighted by Crippen LogP contribution is -2.13. The lowest BCUT2D eigenvalue weighted by atomic mass is 9.91. The molecule has 0 radical (unpaired) electrons. The van der Waals surface area contributed by atoms with Gasteiger partial charge in [0.2, 0.25) is 0 Å². The predicted molar refractivity (Wildman–Crippen MR) is 77.3 cm³/mol. The van der Waals surface area contributed by atoms with E-state index in [1.54, 1.807) is 36.4 Å². The molecule has 3 rings (SSSR count). The largest absolute Gasteiger partial charge is 0.294 e. The molecule has 0 bridgehead atoms. The molecule has 0 aromatic heterocycles. The number of ketones is 1. The van der Waals surface area contributed by atoms with Crippen LogP contribution < -0.4 is 0 Å². The summed E-state index contributed by atoms with van der Waals surface area (Å²) < 4.78 is 0. The maximum absolute atomic E-state index is 12.5. The van der Waals surface area contributed by atoms with Crippen molar-refractivity contribution in [3.8, 4) is 12.1 Å². The first kappa shape index (κ1) is 13.1. The summed E-state index contributed by atoms with van der Waals surface area (Å²) in [7, 11) is 0. The third kappa shape index (κ3) is 2.10. The molecule has 2 unspecified atom stereocenters. The first-order chi connectivity index (χ1) is 10.2. The number of benzene rings is 2. The molecule has 0 saturated heterocycles. The Morgan fingerprint density at radius 2 is 1.71 bits per heavy atom. The highest BCUT2D eigenvalue weighted by Gasteiger charge is 2.60. The second-order valence-corrected chi connectivity index (χ2v) is 5.26. The van der Waals surface area contributed by atoms with Gasteiger partial charge in [0.1, 0.15) is 0 Å². The van der Waals surface area contributed by atoms with Gasteiger partial charge in [-0.15, -0.1) is 0 Å². The van der Waals surface area contributed by atoms with Crippen molar-refractivity contribution < 1.29 is 4.79 Å². The molecule has 100 valence electrons. The van der Waals surface area contributed by atoms with Gasteiger partial charge >= 0.3 is 0 Å².